The number of halogens is 2. The molecule has 1 N–H and O–H groups in total. The zero-order chi connectivity index (χ0) is 22.2. The number of methoxy groups -OCH3 is 1. The van der Waals surface area contributed by atoms with E-state index in [0.717, 1.165) is 16.7 Å². The number of aromatic nitrogens is 2. The van der Waals surface area contributed by atoms with Crippen molar-refractivity contribution in [1.29, 1.82) is 0 Å². The van der Waals surface area contributed by atoms with Crippen LogP contribution in [0.5, 0.6) is 11.5 Å². The zero-order valence-corrected chi connectivity index (χ0v) is 17.2. The van der Waals surface area contributed by atoms with E-state index in [4.69, 9.17) is 9.26 Å². The lowest BCUT2D eigenvalue weighted by molar-refractivity contribution is -0.121. The van der Waals surface area contributed by atoms with Gasteiger partial charge in [0, 0.05) is 24.9 Å². The summed E-state index contributed by atoms with van der Waals surface area (Å²) in [6.45, 7) is -0.543. The average Bonchev–Trinajstić information content (AvgIpc) is 3.22. The molecular weight excluding hydrogens is 408 g/mol. The molecule has 3 aromatic rings. The predicted octanol–water partition coefficient (Wildman–Crippen LogP) is 3.95. The Balaban J connectivity index is 1.44. The smallest absolute Gasteiger partial charge is 0.387 e. The molecule has 1 heterocycles. The molecule has 164 valence electrons. The largest absolute Gasteiger partial charge is 0.493 e. The Morgan fingerprint density at radius 1 is 1.13 bits per heavy atom. The molecule has 0 saturated carbocycles. The van der Waals surface area contributed by atoms with Crippen molar-refractivity contribution in [3.8, 4) is 22.9 Å². The summed E-state index contributed by atoms with van der Waals surface area (Å²) in [7, 11) is 1.38. The van der Waals surface area contributed by atoms with Crippen LogP contribution in [0.3, 0.4) is 0 Å². The van der Waals surface area contributed by atoms with Crippen molar-refractivity contribution in [3.63, 3.8) is 0 Å². The van der Waals surface area contributed by atoms with E-state index in [1.54, 1.807) is 12.1 Å². The molecule has 0 aliphatic carbocycles. The van der Waals surface area contributed by atoms with Crippen molar-refractivity contribution in [2.45, 2.75) is 32.8 Å². The van der Waals surface area contributed by atoms with E-state index in [-0.39, 0.29) is 23.8 Å². The molecule has 0 spiro atoms. The van der Waals surface area contributed by atoms with Crippen LogP contribution in [0.1, 0.15) is 23.4 Å². The Bertz CT molecular complexity index is 1010. The lowest BCUT2D eigenvalue weighted by Gasteiger charge is -2.11. The van der Waals surface area contributed by atoms with Gasteiger partial charge in [-0.3, -0.25) is 4.79 Å². The number of aryl methyl sites for hydroxylation is 2. The van der Waals surface area contributed by atoms with Gasteiger partial charge in [-0.15, -0.1) is 0 Å². The van der Waals surface area contributed by atoms with Crippen molar-refractivity contribution in [2.24, 2.45) is 0 Å². The van der Waals surface area contributed by atoms with Crippen LogP contribution in [0.2, 0.25) is 0 Å². The zero-order valence-electron chi connectivity index (χ0n) is 17.2. The Kier molecular flexibility index (Phi) is 7.53. The highest BCUT2D eigenvalue weighted by Crippen LogP contribution is 2.29. The van der Waals surface area contributed by atoms with E-state index in [0.29, 0.717) is 31.1 Å². The van der Waals surface area contributed by atoms with Gasteiger partial charge in [0.15, 0.2) is 11.5 Å². The topological polar surface area (TPSA) is 86.5 Å². The molecule has 0 atom stereocenters. The molecule has 2 aromatic carbocycles. The highest BCUT2D eigenvalue weighted by atomic mass is 19.3. The number of hydrogen-bond acceptors (Lipinski definition) is 6. The second kappa shape index (κ2) is 10.5. The van der Waals surface area contributed by atoms with E-state index in [9.17, 15) is 13.6 Å². The quantitative estimate of drug-likeness (QED) is 0.523. The van der Waals surface area contributed by atoms with Gasteiger partial charge in [-0.05, 0) is 31.0 Å². The first kappa shape index (κ1) is 22.2. The molecule has 0 fully saturated rings. The maximum Gasteiger partial charge on any atom is 0.387 e. The van der Waals surface area contributed by atoms with Crippen molar-refractivity contribution >= 4 is 5.91 Å². The highest BCUT2D eigenvalue weighted by molar-refractivity contribution is 5.76. The van der Waals surface area contributed by atoms with Gasteiger partial charge in [-0.2, -0.15) is 13.8 Å². The van der Waals surface area contributed by atoms with Crippen LogP contribution < -0.4 is 14.8 Å². The van der Waals surface area contributed by atoms with Gasteiger partial charge in [0.05, 0.1) is 7.11 Å². The number of carbonyl (C=O) groups excluding carboxylic acids is 1. The molecule has 0 saturated heterocycles. The molecule has 0 aliphatic rings. The first-order valence-corrected chi connectivity index (χ1v) is 9.72. The van der Waals surface area contributed by atoms with Crippen molar-refractivity contribution in [2.75, 3.05) is 13.7 Å². The van der Waals surface area contributed by atoms with Crippen molar-refractivity contribution in [1.82, 2.24) is 15.5 Å². The predicted molar refractivity (Wildman–Crippen MR) is 109 cm³/mol. The van der Waals surface area contributed by atoms with Crippen LogP contribution >= 0.6 is 0 Å². The van der Waals surface area contributed by atoms with Crippen LogP contribution in [0.4, 0.5) is 8.78 Å². The number of rotatable bonds is 10. The minimum absolute atomic E-state index is 0.0325. The number of benzene rings is 2. The standard InChI is InChI=1S/C22H23F2N3O4/c1-14-3-6-16(7-4-14)21-26-20(31-27-21)10-9-19(28)25-12-11-15-5-8-17(30-22(23)24)18(13-15)29-2/h3-8,13,22H,9-12H2,1-2H3,(H,25,28). The van der Waals surface area contributed by atoms with Crippen LogP contribution in [0.25, 0.3) is 11.4 Å². The van der Waals surface area contributed by atoms with Gasteiger partial charge in [0.2, 0.25) is 17.6 Å². The molecule has 31 heavy (non-hydrogen) atoms. The number of ether oxygens (including phenoxy) is 2. The number of hydrogen-bond donors (Lipinski definition) is 1. The molecule has 9 heteroatoms. The lowest BCUT2D eigenvalue weighted by Crippen LogP contribution is -2.25. The van der Waals surface area contributed by atoms with Gasteiger partial charge in [0.25, 0.3) is 0 Å². The normalized spacial score (nSPS) is 10.9. The fourth-order valence-corrected chi connectivity index (χ4v) is 2.89. The third-order valence-corrected chi connectivity index (χ3v) is 4.52. The lowest BCUT2D eigenvalue weighted by atomic mass is 10.1. The molecule has 0 unspecified atom stereocenters. The van der Waals surface area contributed by atoms with Crippen molar-refractivity contribution in [3.05, 3.63) is 59.5 Å². The number of nitrogens with zero attached hydrogens (tertiary/aromatic N) is 2. The average molecular weight is 431 g/mol. The van der Waals surface area contributed by atoms with Gasteiger partial charge >= 0.3 is 6.61 Å². The van der Waals surface area contributed by atoms with Gasteiger partial charge in [-0.25, -0.2) is 0 Å². The third-order valence-electron chi connectivity index (χ3n) is 4.52. The van der Waals surface area contributed by atoms with E-state index in [2.05, 4.69) is 20.2 Å². The molecule has 0 radical (unpaired) electrons. The summed E-state index contributed by atoms with van der Waals surface area (Å²) >= 11 is 0. The number of alkyl halides is 2. The monoisotopic (exact) mass is 431 g/mol. The molecule has 0 aliphatic heterocycles. The fourth-order valence-electron chi connectivity index (χ4n) is 2.89. The minimum Gasteiger partial charge on any atom is -0.493 e. The molecular formula is C22H23F2N3O4. The first-order valence-electron chi connectivity index (χ1n) is 9.72. The minimum atomic E-state index is -2.93. The summed E-state index contributed by atoms with van der Waals surface area (Å²) in [4.78, 5) is 16.4. The molecule has 3 rings (SSSR count). The fraction of sp³-hybridized carbons (Fsp3) is 0.318. The Hall–Kier alpha value is -3.49. The van der Waals surface area contributed by atoms with Crippen LogP contribution in [0.15, 0.2) is 47.0 Å². The maximum absolute atomic E-state index is 12.4. The third kappa shape index (κ3) is 6.50. The number of amides is 1. The first-order chi connectivity index (χ1) is 14.9. The summed E-state index contributed by atoms with van der Waals surface area (Å²) in [5.74, 6) is 0.910. The van der Waals surface area contributed by atoms with Crippen LogP contribution in [-0.4, -0.2) is 36.3 Å². The van der Waals surface area contributed by atoms with E-state index < -0.39 is 6.61 Å². The van der Waals surface area contributed by atoms with E-state index in [1.807, 2.05) is 31.2 Å². The van der Waals surface area contributed by atoms with Crippen LogP contribution in [0, 0.1) is 6.92 Å². The van der Waals surface area contributed by atoms with Gasteiger partial charge in [-0.1, -0.05) is 41.1 Å². The molecule has 1 amide bonds. The molecule has 7 nitrogen and oxygen atoms in total. The molecule has 0 bridgehead atoms. The van der Waals surface area contributed by atoms with E-state index >= 15 is 0 Å². The molecule has 1 aromatic heterocycles. The van der Waals surface area contributed by atoms with Gasteiger partial charge < -0.3 is 19.3 Å². The summed E-state index contributed by atoms with van der Waals surface area (Å²) in [5, 5.41) is 6.76. The van der Waals surface area contributed by atoms with Crippen molar-refractivity contribution < 1.29 is 27.6 Å². The van der Waals surface area contributed by atoms with E-state index in [1.165, 1.54) is 13.2 Å². The number of carbonyl (C=O) groups is 1. The number of nitrogens with one attached hydrogen (secondary N) is 1. The summed E-state index contributed by atoms with van der Waals surface area (Å²) < 4.78 is 39.5. The summed E-state index contributed by atoms with van der Waals surface area (Å²) in [6, 6.07) is 12.4. The SMILES string of the molecule is COc1cc(CCNC(=O)CCc2nc(-c3ccc(C)cc3)no2)ccc1OC(F)F. The second-order valence-electron chi connectivity index (χ2n) is 6.84. The Morgan fingerprint density at radius 2 is 1.90 bits per heavy atom. The highest BCUT2D eigenvalue weighted by Gasteiger charge is 2.12. The van der Waals surface area contributed by atoms with Crippen LogP contribution in [-0.2, 0) is 17.6 Å². The van der Waals surface area contributed by atoms with Gasteiger partial charge in [0.1, 0.15) is 0 Å². The summed E-state index contributed by atoms with van der Waals surface area (Å²) in [5.41, 5.74) is 2.81. The summed E-state index contributed by atoms with van der Waals surface area (Å²) in [6.07, 6.45) is 1.05. The Morgan fingerprint density at radius 3 is 2.61 bits per heavy atom. The Labute approximate surface area is 178 Å². The second-order valence-corrected chi connectivity index (χ2v) is 6.84. The maximum atomic E-state index is 12.4.